The molecule has 6 nitrogen and oxygen atoms in total. The molecule has 0 saturated carbocycles. The van der Waals surface area contributed by atoms with Crippen LogP contribution in [0.25, 0.3) is 10.2 Å². The van der Waals surface area contributed by atoms with Crippen LogP contribution in [0.15, 0.2) is 54.7 Å². The highest BCUT2D eigenvalue weighted by atomic mass is 32.1. The van der Waals surface area contributed by atoms with Crippen LogP contribution in [0.1, 0.15) is 20.9 Å². The predicted octanol–water partition coefficient (Wildman–Crippen LogP) is 4.17. The maximum Gasteiger partial charge on any atom is 0.265 e. The molecule has 1 amide bonds. The van der Waals surface area contributed by atoms with Gasteiger partial charge in [-0.15, -0.1) is 11.3 Å². The lowest BCUT2D eigenvalue weighted by atomic mass is 10.2. The van der Waals surface area contributed by atoms with Crippen LogP contribution in [-0.2, 0) is 6.54 Å². The summed E-state index contributed by atoms with van der Waals surface area (Å²) >= 11 is 1.46. The summed E-state index contributed by atoms with van der Waals surface area (Å²) in [5.41, 5.74) is 2.80. The molecule has 28 heavy (non-hydrogen) atoms. The first-order valence-corrected chi connectivity index (χ1v) is 9.79. The minimum Gasteiger partial charge on any atom is -0.361 e. The molecule has 0 fully saturated rings. The van der Waals surface area contributed by atoms with Crippen LogP contribution in [0.2, 0.25) is 0 Å². The van der Waals surface area contributed by atoms with Gasteiger partial charge in [0, 0.05) is 25.7 Å². The number of hydrogen-bond donors (Lipinski definition) is 1. The van der Waals surface area contributed by atoms with Gasteiger partial charge in [-0.3, -0.25) is 9.48 Å². The van der Waals surface area contributed by atoms with Crippen molar-refractivity contribution < 1.29 is 4.79 Å². The van der Waals surface area contributed by atoms with E-state index in [9.17, 15) is 4.79 Å². The molecule has 3 aromatic heterocycles. The van der Waals surface area contributed by atoms with Gasteiger partial charge in [0.2, 0.25) is 0 Å². The Labute approximate surface area is 167 Å². The molecule has 1 aromatic carbocycles. The fourth-order valence-electron chi connectivity index (χ4n) is 3.12. The third-order valence-corrected chi connectivity index (χ3v) is 5.61. The fraction of sp³-hybridized carbons (Fsp3) is 0.190. The average molecular weight is 392 g/mol. The number of nitrogens with zero attached hydrogens (tertiary/aromatic N) is 4. The number of carbonyl (C=O) groups excluding carboxylic acids is 1. The Morgan fingerprint density at radius 3 is 2.71 bits per heavy atom. The van der Waals surface area contributed by atoms with Crippen molar-refractivity contribution in [2.75, 3.05) is 24.3 Å². The molecule has 0 unspecified atom stereocenters. The number of benzene rings is 1. The number of fused-ring (bicyclic) bond motifs is 1. The topological polar surface area (TPSA) is 63.1 Å². The summed E-state index contributed by atoms with van der Waals surface area (Å²) in [5.74, 6) is 0.589. The van der Waals surface area contributed by atoms with Crippen molar-refractivity contribution in [3.8, 4) is 0 Å². The van der Waals surface area contributed by atoms with Gasteiger partial charge < -0.3 is 10.2 Å². The molecule has 1 N–H and O–H groups in total. The van der Waals surface area contributed by atoms with Crippen LogP contribution in [0.5, 0.6) is 0 Å². The molecule has 0 aliphatic rings. The van der Waals surface area contributed by atoms with E-state index >= 15 is 0 Å². The maximum atomic E-state index is 12.9. The van der Waals surface area contributed by atoms with E-state index in [1.54, 1.807) is 6.20 Å². The molecule has 142 valence electrons. The Bertz CT molecular complexity index is 1130. The maximum absolute atomic E-state index is 12.9. The van der Waals surface area contributed by atoms with Crippen LogP contribution in [-0.4, -0.2) is 34.8 Å². The Balaban J connectivity index is 1.63. The van der Waals surface area contributed by atoms with Gasteiger partial charge in [-0.2, -0.15) is 5.10 Å². The van der Waals surface area contributed by atoms with Crippen LogP contribution in [0.4, 0.5) is 11.5 Å². The summed E-state index contributed by atoms with van der Waals surface area (Å²) < 4.78 is 1.97. The molecular weight excluding hydrogens is 370 g/mol. The zero-order chi connectivity index (χ0) is 19.7. The minimum atomic E-state index is -0.136. The first-order chi connectivity index (χ1) is 13.5. The van der Waals surface area contributed by atoms with Crippen molar-refractivity contribution >= 4 is 39.0 Å². The van der Waals surface area contributed by atoms with Crippen LogP contribution < -0.4 is 10.2 Å². The molecule has 0 radical (unpaired) electrons. The number of pyridine rings is 1. The summed E-state index contributed by atoms with van der Waals surface area (Å²) in [6.07, 6.45) is 1.71. The van der Waals surface area contributed by atoms with E-state index in [2.05, 4.69) is 27.5 Å². The van der Waals surface area contributed by atoms with E-state index in [0.717, 1.165) is 21.7 Å². The van der Waals surface area contributed by atoms with Crippen molar-refractivity contribution in [1.29, 1.82) is 0 Å². The smallest absolute Gasteiger partial charge is 0.265 e. The predicted molar refractivity (Wildman–Crippen MR) is 114 cm³/mol. The van der Waals surface area contributed by atoms with E-state index in [-0.39, 0.29) is 5.91 Å². The molecule has 3 heterocycles. The Morgan fingerprint density at radius 2 is 1.96 bits per heavy atom. The lowest BCUT2D eigenvalue weighted by Gasteiger charge is -2.15. The number of hydrogen-bond acceptors (Lipinski definition) is 5. The summed E-state index contributed by atoms with van der Waals surface area (Å²) in [6, 6.07) is 15.8. The molecular formula is C21H21N5OS. The monoisotopic (exact) mass is 391 g/mol. The zero-order valence-corrected chi connectivity index (χ0v) is 16.8. The third-order valence-electron chi connectivity index (χ3n) is 4.46. The number of anilines is 2. The number of aromatic nitrogens is 3. The summed E-state index contributed by atoms with van der Waals surface area (Å²) in [4.78, 5) is 20.7. The fourth-order valence-corrected chi connectivity index (χ4v) is 4.18. The van der Waals surface area contributed by atoms with Crippen molar-refractivity contribution in [2.24, 2.45) is 0 Å². The number of nitrogens with one attached hydrogen (secondary N) is 1. The molecule has 4 aromatic rings. The van der Waals surface area contributed by atoms with Crippen molar-refractivity contribution in [1.82, 2.24) is 14.8 Å². The second-order valence-corrected chi connectivity index (χ2v) is 7.81. The Kier molecular flexibility index (Phi) is 4.83. The quantitative estimate of drug-likeness (QED) is 0.555. The number of aryl methyl sites for hydroxylation is 1. The third kappa shape index (κ3) is 3.48. The number of rotatable bonds is 5. The normalized spacial score (nSPS) is 11.0. The Hall–Kier alpha value is -3.19. The average Bonchev–Trinajstić information content (AvgIpc) is 3.24. The number of thiophene rings is 1. The first kappa shape index (κ1) is 18.2. The highest BCUT2D eigenvalue weighted by Crippen LogP contribution is 2.30. The SMILES string of the molecule is Cc1nn(Cc2ccccc2)c2sc(C(=O)Nc3cccnc3N(C)C)cc12. The van der Waals surface area contributed by atoms with Gasteiger partial charge in [0.05, 0.1) is 22.8 Å². The number of amides is 1. The van der Waals surface area contributed by atoms with Crippen molar-refractivity contribution in [2.45, 2.75) is 13.5 Å². The molecule has 0 saturated heterocycles. The molecule has 0 aliphatic heterocycles. The van der Waals surface area contributed by atoms with Crippen LogP contribution >= 0.6 is 11.3 Å². The van der Waals surface area contributed by atoms with Crippen molar-refractivity contribution in [3.05, 3.63) is 70.9 Å². The van der Waals surface area contributed by atoms with Crippen LogP contribution in [0.3, 0.4) is 0 Å². The molecule has 4 rings (SSSR count). The highest BCUT2D eigenvalue weighted by Gasteiger charge is 2.18. The summed E-state index contributed by atoms with van der Waals surface area (Å²) in [5, 5.41) is 8.65. The lowest BCUT2D eigenvalue weighted by molar-refractivity contribution is 0.103. The minimum absolute atomic E-state index is 0.136. The van der Waals surface area contributed by atoms with E-state index in [1.165, 1.54) is 16.9 Å². The highest BCUT2D eigenvalue weighted by molar-refractivity contribution is 7.20. The summed E-state index contributed by atoms with van der Waals surface area (Å²) in [6.45, 7) is 2.66. The standard InChI is InChI=1S/C21H21N5OS/c1-14-16-12-18(20(27)23-17-10-7-11-22-19(17)25(2)3)28-21(16)26(24-14)13-15-8-5-4-6-9-15/h4-12H,13H2,1-3H3,(H,23,27). The summed E-state index contributed by atoms with van der Waals surface area (Å²) in [7, 11) is 3.80. The zero-order valence-electron chi connectivity index (χ0n) is 16.0. The first-order valence-electron chi connectivity index (χ1n) is 8.97. The van der Waals surface area contributed by atoms with Gasteiger partial charge in [0.1, 0.15) is 4.83 Å². The molecule has 7 heteroatoms. The van der Waals surface area contributed by atoms with Gasteiger partial charge in [-0.25, -0.2) is 4.98 Å². The van der Waals surface area contributed by atoms with E-state index in [1.807, 2.05) is 67.0 Å². The molecule has 0 spiro atoms. The largest absolute Gasteiger partial charge is 0.361 e. The number of carbonyl (C=O) groups is 1. The lowest BCUT2D eigenvalue weighted by Crippen LogP contribution is -2.17. The second kappa shape index (κ2) is 7.44. The molecule has 0 atom stereocenters. The van der Waals surface area contributed by atoms with E-state index < -0.39 is 0 Å². The van der Waals surface area contributed by atoms with Crippen LogP contribution in [0, 0.1) is 6.92 Å². The molecule has 0 bridgehead atoms. The van der Waals surface area contributed by atoms with Gasteiger partial charge in [-0.1, -0.05) is 30.3 Å². The van der Waals surface area contributed by atoms with Gasteiger partial charge in [0.15, 0.2) is 5.82 Å². The Morgan fingerprint density at radius 1 is 1.18 bits per heavy atom. The van der Waals surface area contributed by atoms with E-state index in [0.29, 0.717) is 17.1 Å². The van der Waals surface area contributed by atoms with Crippen molar-refractivity contribution in [3.63, 3.8) is 0 Å². The van der Waals surface area contributed by atoms with Gasteiger partial charge >= 0.3 is 0 Å². The second-order valence-electron chi connectivity index (χ2n) is 6.78. The molecule has 0 aliphatic carbocycles. The van der Waals surface area contributed by atoms with Gasteiger partial charge in [0.25, 0.3) is 5.91 Å². The van der Waals surface area contributed by atoms with Gasteiger partial charge in [-0.05, 0) is 30.7 Å². The van der Waals surface area contributed by atoms with E-state index in [4.69, 9.17) is 0 Å².